The molecule has 0 saturated carbocycles. The monoisotopic (exact) mass is 818 g/mol. The van der Waals surface area contributed by atoms with Crippen LogP contribution >= 0.6 is 43.9 Å². The molecule has 1 fully saturated rings. The van der Waals surface area contributed by atoms with Gasteiger partial charge in [-0.05, 0) is 43.3 Å². The van der Waals surface area contributed by atoms with Crippen molar-refractivity contribution in [1.29, 1.82) is 0 Å². The van der Waals surface area contributed by atoms with E-state index in [1.807, 2.05) is 23.5 Å². The van der Waals surface area contributed by atoms with Crippen molar-refractivity contribution in [2.75, 3.05) is 11.5 Å². The van der Waals surface area contributed by atoms with Gasteiger partial charge in [-0.25, -0.2) is 9.98 Å². The molecular weight excluding hydrogens is 782 g/mol. The van der Waals surface area contributed by atoms with Crippen molar-refractivity contribution in [3.8, 4) is 0 Å². The number of nitrogens with zero attached hydrogens (tertiary/aromatic N) is 2. The van der Waals surface area contributed by atoms with Crippen LogP contribution in [0, 0.1) is 0 Å². The van der Waals surface area contributed by atoms with Crippen LogP contribution in [0.3, 0.4) is 0 Å². The predicted octanol–water partition coefficient (Wildman–Crippen LogP) is 8.50. The van der Waals surface area contributed by atoms with E-state index in [4.69, 9.17) is 30.4 Å². The van der Waals surface area contributed by atoms with E-state index in [0.29, 0.717) is 12.7 Å². The summed E-state index contributed by atoms with van der Waals surface area (Å²) in [6, 6.07) is 61.6. The number of rotatable bonds is 8. The molecule has 0 unspecified atom stereocenters. The fraction of sp³-hybridized carbons (Fsp3) is 0.0952. The van der Waals surface area contributed by atoms with E-state index in [1.165, 1.54) is 31.1 Å². The Bertz CT molecular complexity index is 1860. The fourth-order valence-corrected chi connectivity index (χ4v) is 16.4. The maximum atomic E-state index is 5.49. The average molecular weight is 821 g/mol. The van der Waals surface area contributed by atoms with E-state index >= 15 is 0 Å². The predicted molar refractivity (Wildman–Crippen MR) is 231 cm³/mol. The van der Waals surface area contributed by atoms with Gasteiger partial charge in [0.1, 0.15) is 26.2 Å². The third-order valence-corrected chi connectivity index (χ3v) is 20.8. The summed E-state index contributed by atoms with van der Waals surface area (Å²) in [6.45, 7) is 4.92. The Kier molecular flexibility index (Phi) is 13.3. The number of hydrogen-bond donors (Lipinski definition) is 0. The van der Waals surface area contributed by atoms with Gasteiger partial charge in [-0.15, -0.1) is 23.5 Å². The zero-order valence-electron chi connectivity index (χ0n) is 28.4. The molecule has 0 atom stereocenters. The minimum absolute atomic E-state index is 0.569. The van der Waals surface area contributed by atoms with Gasteiger partial charge in [-0.2, -0.15) is 0 Å². The van der Waals surface area contributed by atoms with Gasteiger partial charge in [0.25, 0.3) is 0 Å². The van der Waals surface area contributed by atoms with Crippen LogP contribution < -0.4 is 31.1 Å². The molecule has 6 aromatic rings. The van der Waals surface area contributed by atoms with Crippen molar-refractivity contribution < 1.29 is 12.7 Å². The van der Waals surface area contributed by atoms with Gasteiger partial charge < -0.3 is 0 Å². The summed E-state index contributed by atoms with van der Waals surface area (Å²) in [5.74, 6) is 2.03. The molecule has 0 bridgehead atoms. The molecule has 1 heterocycles. The number of thioether (sulfide) groups is 2. The van der Waals surface area contributed by atoms with E-state index < -0.39 is 16.1 Å². The molecule has 260 valence electrons. The SMILES string of the molecule is C[Si](c1ccccc1)(c1ccccc1)c1ccccc1N=C1SCCSC1=Nc1ccccc1[Si](C)(c1ccccc1)c1ccccc1.[Cl][Ni][Cl]. The quantitative estimate of drug-likeness (QED) is 0.114. The summed E-state index contributed by atoms with van der Waals surface area (Å²) < 4.78 is 0. The molecular formula is C42H38Cl2N2NiS2Si2. The van der Waals surface area contributed by atoms with Crippen molar-refractivity contribution in [3.05, 3.63) is 170 Å². The van der Waals surface area contributed by atoms with Crippen molar-refractivity contribution in [2.24, 2.45) is 9.98 Å². The zero-order valence-corrected chi connectivity index (χ0v) is 34.5. The topological polar surface area (TPSA) is 24.7 Å². The second-order valence-corrected chi connectivity index (χ2v) is 24.0. The molecule has 0 aromatic heterocycles. The number of hydrogen-bond acceptors (Lipinski definition) is 4. The summed E-state index contributed by atoms with van der Waals surface area (Å²) in [7, 11) is 4.66. The van der Waals surface area contributed by atoms with Crippen LogP contribution in [0.5, 0.6) is 0 Å². The van der Waals surface area contributed by atoms with Gasteiger partial charge in [0.15, 0.2) is 0 Å². The Balaban J connectivity index is 0.00000144. The second kappa shape index (κ2) is 18.1. The van der Waals surface area contributed by atoms with Gasteiger partial charge in [0, 0.05) is 11.5 Å². The summed E-state index contributed by atoms with van der Waals surface area (Å²) in [5.41, 5.74) is 2.08. The van der Waals surface area contributed by atoms with Crippen LogP contribution in [0.2, 0.25) is 13.1 Å². The summed E-state index contributed by atoms with van der Waals surface area (Å²) in [6.07, 6.45) is 0. The van der Waals surface area contributed by atoms with Crippen molar-refractivity contribution in [2.45, 2.75) is 13.1 Å². The van der Waals surface area contributed by atoms with Crippen LogP contribution in [-0.4, -0.2) is 37.7 Å². The number of halogens is 2. The molecule has 0 N–H and O–H groups in total. The molecule has 1 saturated heterocycles. The van der Waals surface area contributed by atoms with Gasteiger partial charge in [0.05, 0.1) is 11.4 Å². The Hall–Kier alpha value is -3.13. The van der Waals surface area contributed by atoms with E-state index in [2.05, 4.69) is 183 Å². The summed E-state index contributed by atoms with van der Waals surface area (Å²) in [5, 5.41) is 10.2. The first kappa shape index (κ1) is 37.6. The average Bonchev–Trinajstić information content (AvgIpc) is 3.20. The molecule has 0 radical (unpaired) electrons. The Morgan fingerprint density at radius 3 is 0.980 bits per heavy atom. The van der Waals surface area contributed by atoms with Crippen LogP contribution in [0.4, 0.5) is 11.4 Å². The zero-order chi connectivity index (χ0) is 35.5. The van der Waals surface area contributed by atoms with E-state index in [1.54, 1.807) is 0 Å². The Labute approximate surface area is 327 Å². The molecule has 51 heavy (non-hydrogen) atoms. The standard InChI is InChI=1S/C42H38N2S2Si2.2ClH.Ni/c1-47(33-19-7-3-8-20-33,34-21-9-4-10-22-34)39-29-17-15-27-37(39)43-41-42(46-32-31-45-41)44-38-28-16-18-30-40(38)48(2,35-23-11-5-12-24-35)36-25-13-6-14-26-36;;;/h3-30H,31-32H2,1-2H3;2*1H;/q;;;+2/p-2. The molecule has 0 aliphatic carbocycles. The molecule has 0 amide bonds. The van der Waals surface area contributed by atoms with Crippen LogP contribution in [0.25, 0.3) is 0 Å². The first-order valence-electron chi connectivity index (χ1n) is 16.7. The number of para-hydroxylation sites is 2. The molecule has 1 aliphatic rings. The summed E-state index contributed by atoms with van der Waals surface area (Å²) in [4.78, 5) is 11.0. The van der Waals surface area contributed by atoms with Gasteiger partial charge in [-0.1, -0.05) is 171 Å². The van der Waals surface area contributed by atoms with E-state index in [9.17, 15) is 0 Å². The van der Waals surface area contributed by atoms with Crippen LogP contribution in [-0.2, 0) is 12.7 Å². The Morgan fingerprint density at radius 2 is 0.686 bits per heavy atom. The normalized spacial score (nSPS) is 15.0. The van der Waals surface area contributed by atoms with E-state index in [-0.39, 0.29) is 0 Å². The van der Waals surface area contributed by atoms with Crippen LogP contribution in [0.15, 0.2) is 180 Å². The molecule has 0 spiro atoms. The third-order valence-electron chi connectivity index (χ3n) is 9.48. The van der Waals surface area contributed by atoms with Crippen molar-refractivity contribution in [1.82, 2.24) is 0 Å². The molecule has 9 heteroatoms. The van der Waals surface area contributed by atoms with Crippen molar-refractivity contribution >= 4 is 113 Å². The second-order valence-electron chi connectivity index (χ2n) is 12.3. The molecule has 7 rings (SSSR count). The molecule has 6 aromatic carbocycles. The van der Waals surface area contributed by atoms with Crippen LogP contribution in [0.1, 0.15) is 0 Å². The first-order chi connectivity index (χ1) is 25.0. The minimum atomic E-state index is -2.37. The van der Waals surface area contributed by atoms with Gasteiger partial charge >= 0.3 is 33.0 Å². The first-order valence-corrected chi connectivity index (χ1v) is 26.4. The number of aliphatic imine (C=N–C) groups is 2. The van der Waals surface area contributed by atoms with Crippen molar-refractivity contribution in [3.63, 3.8) is 0 Å². The van der Waals surface area contributed by atoms with E-state index in [0.717, 1.165) is 33.0 Å². The molecule has 1 aliphatic heterocycles. The Morgan fingerprint density at radius 1 is 0.431 bits per heavy atom. The number of benzene rings is 6. The van der Waals surface area contributed by atoms with Gasteiger partial charge in [-0.3, -0.25) is 0 Å². The summed E-state index contributed by atoms with van der Waals surface area (Å²) >= 11 is 4.22. The third kappa shape index (κ3) is 8.42. The van der Waals surface area contributed by atoms with Gasteiger partial charge in [0.2, 0.25) is 0 Å². The molecule has 2 nitrogen and oxygen atoms in total. The maximum absolute atomic E-state index is 5.49. The fourth-order valence-electron chi connectivity index (χ4n) is 6.81.